The molecule has 0 atom stereocenters. The van der Waals surface area contributed by atoms with Crippen molar-refractivity contribution in [3.8, 4) is 11.5 Å². The predicted molar refractivity (Wildman–Crippen MR) is 131 cm³/mol. The molecule has 0 saturated carbocycles. The first-order valence-corrected chi connectivity index (χ1v) is 11.0. The van der Waals surface area contributed by atoms with Crippen LogP contribution >= 0.6 is 23.2 Å². The van der Waals surface area contributed by atoms with Gasteiger partial charge in [0, 0.05) is 33.4 Å². The van der Waals surface area contributed by atoms with Crippen LogP contribution in [0.5, 0.6) is 11.5 Å². The molecule has 3 aromatic carbocycles. The third-order valence-electron chi connectivity index (χ3n) is 4.79. The van der Waals surface area contributed by atoms with Gasteiger partial charge in [-0.05, 0) is 62.2 Å². The predicted octanol–water partition coefficient (Wildman–Crippen LogP) is 7.62. The van der Waals surface area contributed by atoms with Crippen molar-refractivity contribution >= 4 is 28.9 Å². The minimum Gasteiger partial charge on any atom is -0.490 e. The maximum Gasteiger partial charge on any atom is 0.165 e. The van der Waals surface area contributed by atoms with Crippen LogP contribution in [0.3, 0.4) is 0 Å². The molecule has 0 amide bonds. The van der Waals surface area contributed by atoms with E-state index < -0.39 is 0 Å². The lowest BCUT2D eigenvalue weighted by Crippen LogP contribution is -2.06. The van der Waals surface area contributed by atoms with E-state index in [9.17, 15) is 0 Å². The van der Waals surface area contributed by atoms with Gasteiger partial charge in [0.15, 0.2) is 11.5 Å². The minimum atomic E-state index is 0.321. The smallest absolute Gasteiger partial charge is 0.165 e. The average molecular weight is 456 g/mol. The number of benzene rings is 3. The van der Waals surface area contributed by atoms with Gasteiger partial charge in [-0.15, -0.1) is 6.58 Å². The first kappa shape index (κ1) is 23.1. The van der Waals surface area contributed by atoms with E-state index in [0.29, 0.717) is 47.7 Å². The lowest BCUT2D eigenvalue weighted by atomic mass is 10.0. The van der Waals surface area contributed by atoms with Crippen LogP contribution in [0, 0.1) is 6.92 Å². The molecular formula is C26H27Cl2NO2. The van der Waals surface area contributed by atoms with Crippen molar-refractivity contribution in [2.24, 2.45) is 0 Å². The van der Waals surface area contributed by atoms with Gasteiger partial charge in [0.05, 0.1) is 6.61 Å². The van der Waals surface area contributed by atoms with Crippen LogP contribution in [0.2, 0.25) is 10.0 Å². The highest BCUT2D eigenvalue weighted by molar-refractivity contribution is 6.35. The largest absolute Gasteiger partial charge is 0.490 e. The summed E-state index contributed by atoms with van der Waals surface area (Å²) in [5.41, 5.74) is 5.30. The summed E-state index contributed by atoms with van der Waals surface area (Å²) in [6.45, 7) is 9.48. The highest BCUT2D eigenvalue weighted by atomic mass is 35.5. The molecule has 0 radical (unpaired) electrons. The molecule has 31 heavy (non-hydrogen) atoms. The van der Waals surface area contributed by atoms with Gasteiger partial charge in [-0.1, -0.05) is 53.0 Å². The van der Waals surface area contributed by atoms with E-state index in [1.165, 1.54) is 5.56 Å². The second-order valence-corrected chi connectivity index (χ2v) is 8.10. The van der Waals surface area contributed by atoms with E-state index in [4.69, 9.17) is 32.7 Å². The number of hydrogen-bond acceptors (Lipinski definition) is 3. The SMILES string of the molecule is C=CCc1cc(CNc2ccc(C)cc2)cc(OCC)c1OCc1ccc(Cl)cc1Cl. The lowest BCUT2D eigenvalue weighted by molar-refractivity contribution is 0.267. The van der Waals surface area contributed by atoms with Crippen LogP contribution in [0.1, 0.15) is 29.2 Å². The van der Waals surface area contributed by atoms with Crippen molar-refractivity contribution in [2.75, 3.05) is 11.9 Å². The van der Waals surface area contributed by atoms with E-state index in [1.807, 2.05) is 25.1 Å². The van der Waals surface area contributed by atoms with E-state index in [1.54, 1.807) is 12.1 Å². The molecule has 3 nitrogen and oxygen atoms in total. The molecule has 0 unspecified atom stereocenters. The Balaban J connectivity index is 1.84. The standard InChI is InChI=1S/C26H27Cl2NO2/c1-4-6-20-13-19(16-29-23-11-7-18(3)8-12-23)14-25(30-5-2)26(20)31-17-21-9-10-22(27)15-24(21)28/h4,7-15,29H,1,5-6,16-17H2,2-3H3. The Morgan fingerprint density at radius 1 is 0.968 bits per heavy atom. The summed E-state index contributed by atoms with van der Waals surface area (Å²) >= 11 is 12.3. The molecule has 3 aromatic rings. The van der Waals surface area contributed by atoms with Crippen LogP contribution < -0.4 is 14.8 Å². The summed E-state index contributed by atoms with van der Waals surface area (Å²) in [6.07, 6.45) is 2.53. The fourth-order valence-electron chi connectivity index (χ4n) is 3.22. The van der Waals surface area contributed by atoms with Gasteiger partial charge in [-0.25, -0.2) is 0 Å². The first-order chi connectivity index (χ1) is 15.0. The summed E-state index contributed by atoms with van der Waals surface area (Å²) in [7, 11) is 0. The monoisotopic (exact) mass is 455 g/mol. The second kappa shape index (κ2) is 11.1. The zero-order chi connectivity index (χ0) is 22.2. The molecule has 0 fully saturated rings. The number of aryl methyl sites for hydroxylation is 1. The number of rotatable bonds is 10. The molecule has 0 aromatic heterocycles. The number of nitrogens with one attached hydrogen (secondary N) is 1. The number of allylic oxidation sites excluding steroid dienone is 1. The third kappa shape index (κ3) is 6.43. The van der Waals surface area contributed by atoms with Crippen LogP contribution in [0.15, 0.2) is 67.3 Å². The maximum atomic E-state index is 6.31. The molecule has 0 spiro atoms. The van der Waals surface area contributed by atoms with Gasteiger partial charge < -0.3 is 14.8 Å². The van der Waals surface area contributed by atoms with Gasteiger partial charge in [0.1, 0.15) is 6.61 Å². The van der Waals surface area contributed by atoms with Crippen molar-refractivity contribution in [1.29, 1.82) is 0 Å². The molecular weight excluding hydrogens is 429 g/mol. The molecule has 0 aliphatic carbocycles. The fourth-order valence-corrected chi connectivity index (χ4v) is 3.69. The van der Waals surface area contributed by atoms with Gasteiger partial charge in [0.2, 0.25) is 0 Å². The Hall–Kier alpha value is -2.62. The maximum absolute atomic E-state index is 6.31. The van der Waals surface area contributed by atoms with Crippen molar-refractivity contribution in [1.82, 2.24) is 0 Å². The number of halogens is 2. The zero-order valence-electron chi connectivity index (χ0n) is 17.9. The van der Waals surface area contributed by atoms with Crippen molar-refractivity contribution in [3.63, 3.8) is 0 Å². The zero-order valence-corrected chi connectivity index (χ0v) is 19.4. The highest BCUT2D eigenvalue weighted by Crippen LogP contribution is 2.35. The van der Waals surface area contributed by atoms with Crippen molar-refractivity contribution in [2.45, 2.75) is 33.4 Å². The molecule has 0 aliphatic heterocycles. The molecule has 0 saturated heterocycles. The van der Waals surface area contributed by atoms with Crippen LogP contribution in [0.25, 0.3) is 0 Å². The summed E-state index contributed by atoms with van der Waals surface area (Å²) in [5.74, 6) is 1.43. The molecule has 162 valence electrons. The minimum absolute atomic E-state index is 0.321. The highest BCUT2D eigenvalue weighted by Gasteiger charge is 2.14. The van der Waals surface area contributed by atoms with Crippen LogP contribution in [-0.4, -0.2) is 6.61 Å². The van der Waals surface area contributed by atoms with Crippen molar-refractivity contribution in [3.05, 3.63) is 99.6 Å². The summed E-state index contributed by atoms with van der Waals surface area (Å²) < 4.78 is 12.1. The topological polar surface area (TPSA) is 30.5 Å². The van der Waals surface area contributed by atoms with E-state index in [0.717, 1.165) is 22.4 Å². The summed E-state index contributed by atoms with van der Waals surface area (Å²) in [5, 5.41) is 4.64. The van der Waals surface area contributed by atoms with Gasteiger partial charge in [-0.2, -0.15) is 0 Å². The Labute approximate surface area is 194 Å². The molecule has 0 aliphatic rings. The Morgan fingerprint density at radius 3 is 2.42 bits per heavy atom. The summed E-state index contributed by atoms with van der Waals surface area (Å²) in [6, 6.07) is 17.9. The molecule has 0 heterocycles. The third-order valence-corrected chi connectivity index (χ3v) is 5.38. The van der Waals surface area contributed by atoms with Gasteiger partial charge in [0.25, 0.3) is 0 Å². The number of anilines is 1. The molecule has 3 rings (SSSR count). The molecule has 5 heteroatoms. The second-order valence-electron chi connectivity index (χ2n) is 7.25. The fraction of sp³-hybridized carbons (Fsp3) is 0.231. The Bertz CT molecular complexity index is 1030. The van der Waals surface area contributed by atoms with Crippen LogP contribution in [-0.2, 0) is 19.6 Å². The molecule has 1 N–H and O–H groups in total. The van der Waals surface area contributed by atoms with E-state index in [-0.39, 0.29) is 0 Å². The van der Waals surface area contributed by atoms with Crippen LogP contribution in [0.4, 0.5) is 5.69 Å². The number of hydrogen-bond donors (Lipinski definition) is 1. The average Bonchev–Trinajstić information content (AvgIpc) is 2.74. The van der Waals surface area contributed by atoms with Crippen molar-refractivity contribution < 1.29 is 9.47 Å². The summed E-state index contributed by atoms with van der Waals surface area (Å²) in [4.78, 5) is 0. The Kier molecular flexibility index (Phi) is 8.27. The molecule has 0 bridgehead atoms. The normalized spacial score (nSPS) is 10.6. The van der Waals surface area contributed by atoms with Gasteiger partial charge in [-0.3, -0.25) is 0 Å². The van der Waals surface area contributed by atoms with E-state index >= 15 is 0 Å². The van der Waals surface area contributed by atoms with Gasteiger partial charge >= 0.3 is 0 Å². The van der Waals surface area contributed by atoms with E-state index in [2.05, 4.69) is 49.2 Å². The Morgan fingerprint density at radius 2 is 1.74 bits per heavy atom. The quantitative estimate of drug-likeness (QED) is 0.318. The first-order valence-electron chi connectivity index (χ1n) is 10.3. The lowest BCUT2D eigenvalue weighted by Gasteiger charge is -2.18. The number of ether oxygens (including phenoxy) is 2.